The van der Waals surface area contributed by atoms with E-state index in [0.717, 1.165) is 33.3 Å². The summed E-state index contributed by atoms with van der Waals surface area (Å²) in [5, 5.41) is 16.2. The van der Waals surface area contributed by atoms with Crippen LogP contribution in [0.15, 0.2) is 91.0 Å². The van der Waals surface area contributed by atoms with Crippen molar-refractivity contribution in [2.75, 3.05) is 0 Å². The maximum atomic E-state index is 6.49. The lowest BCUT2D eigenvalue weighted by Gasteiger charge is -2.39. The van der Waals surface area contributed by atoms with Crippen molar-refractivity contribution in [1.82, 2.24) is 10.2 Å². The third-order valence-corrected chi connectivity index (χ3v) is 13.1. The molecule has 4 aromatic carbocycles. The summed E-state index contributed by atoms with van der Waals surface area (Å²) in [5.74, 6) is 0.606. The maximum absolute atomic E-state index is 6.49. The molecular weight excluding hydrogens is 531 g/mol. The third-order valence-electron chi connectivity index (χ3n) is 9.57. The zero-order valence-corrected chi connectivity index (χ0v) is 25.6. The topological polar surface area (TPSA) is 35.0 Å². The first-order valence-electron chi connectivity index (χ1n) is 16.1. The van der Waals surface area contributed by atoms with Crippen LogP contribution in [0.3, 0.4) is 0 Å². The molecule has 2 saturated carbocycles. The number of hydrogen-bond donors (Lipinski definition) is 0. The van der Waals surface area contributed by atoms with Crippen LogP contribution in [-0.2, 0) is 0 Å². The van der Waals surface area contributed by atoms with Gasteiger partial charge in [-0.15, -0.1) is 10.2 Å². The van der Waals surface area contributed by atoms with E-state index in [-0.39, 0.29) is 14.0 Å². The molecule has 0 amide bonds. The summed E-state index contributed by atoms with van der Waals surface area (Å²) < 4.78 is 6.49. The Morgan fingerprint density at radius 2 is 1.21 bits per heavy atom. The van der Waals surface area contributed by atoms with Gasteiger partial charge in [0.1, 0.15) is 11.8 Å². The zero-order chi connectivity index (χ0) is 28.3. The first kappa shape index (κ1) is 27.5. The summed E-state index contributed by atoms with van der Waals surface area (Å²) in [4.78, 5) is 0. The lowest BCUT2D eigenvalue weighted by molar-refractivity contribution is 0.218. The molecule has 42 heavy (non-hydrogen) atoms. The van der Waals surface area contributed by atoms with Crippen molar-refractivity contribution in [2.24, 2.45) is 0 Å². The SMILES string of the molecule is CC(Oc1nnc(-c2c(P(C3CCCCC3)C3CCCCC3)ccc3ccccc23)c2ccccc12)c1ccccc1. The molecule has 2 fully saturated rings. The lowest BCUT2D eigenvalue weighted by Crippen LogP contribution is -2.27. The van der Waals surface area contributed by atoms with Crippen LogP contribution in [0.1, 0.15) is 82.8 Å². The van der Waals surface area contributed by atoms with E-state index in [1.165, 1.54) is 80.5 Å². The van der Waals surface area contributed by atoms with Gasteiger partial charge < -0.3 is 4.74 Å². The number of ether oxygens (including phenoxy) is 1. The molecule has 0 aliphatic heterocycles. The average molecular weight is 573 g/mol. The Kier molecular flexibility index (Phi) is 8.21. The van der Waals surface area contributed by atoms with Gasteiger partial charge in [0.15, 0.2) is 0 Å². The lowest BCUT2D eigenvalue weighted by atomic mass is 9.98. The Morgan fingerprint density at radius 1 is 0.619 bits per heavy atom. The summed E-state index contributed by atoms with van der Waals surface area (Å²) >= 11 is 0. The fraction of sp³-hybridized carbons (Fsp3) is 0.368. The van der Waals surface area contributed by atoms with Crippen LogP contribution < -0.4 is 10.0 Å². The summed E-state index contributed by atoms with van der Waals surface area (Å²) in [6.45, 7) is 2.09. The van der Waals surface area contributed by atoms with Crippen molar-refractivity contribution in [3.8, 4) is 17.1 Å². The highest BCUT2D eigenvalue weighted by atomic mass is 31.1. The minimum atomic E-state index is -0.316. The second kappa shape index (κ2) is 12.5. The Bertz CT molecular complexity index is 1640. The largest absolute Gasteiger partial charge is 0.468 e. The van der Waals surface area contributed by atoms with E-state index in [0.29, 0.717) is 5.88 Å². The molecule has 0 saturated heterocycles. The Morgan fingerprint density at radius 3 is 1.90 bits per heavy atom. The molecule has 1 unspecified atom stereocenters. The van der Waals surface area contributed by atoms with Crippen LogP contribution in [0, 0.1) is 0 Å². The van der Waals surface area contributed by atoms with Crippen LogP contribution in [0.5, 0.6) is 5.88 Å². The Hall–Kier alpha value is -3.29. The number of hydrogen-bond acceptors (Lipinski definition) is 3. The molecule has 0 bridgehead atoms. The van der Waals surface area contributed by atoms with Crippen LogP contribution in [-0.4, -0.2) is 21.5 Å². The summed E-state index contributed by atoms with van der Waals surface area (Å²) in [7, 11) is -0.316. The molecule has 7 rings (SSSR count). The summed E-state index contributed by atoms with van der Waals surface area (Å²) in [5.41, 5.74) is 5.09. The standard InChI is InChI=1S/C38H41N2OP/c1-27(28-15-5-2-6-16-28)41-38-34-24-14-13-23-33(34)37(39-40-38)36-32-22-12-11-17-29(32)25-26-35(36)42(30-18-7-3-8-19-30)31-20-9-4-10-21-31/h2,5-6,11-17,22-27,30-31H,3-4,7-10,18-21H2,1H3. The minimum Gasteiger partial charge on any atom is -0.468 e. The Balaban J connectivity index is 1.40. The van der Waals surface area contributed by atoms with Crippen molar-refractivity contribution >= 4 is 34.8 Å². The second-order valence-electron chi connectivity index (χ2n) is 12.2. The molecule has 0 N–H and O–H groups in total. The van der Waals surface area contributed by atoms with Gasteiger partial charge in [0, 0.05) is 16.3 Å². The van der Waals surface area contributed by atoms with E-state index in [1.54, 1.807) is 5.30 Å². The molecule has 5 aromatic rings. The van der Waals surface area contributed by atoms with E-state index in [9.17, 15) is 0 Å². The van der Waals surface area contributed by atoms with E-state index in [4.69, 9.17) is 14.9 Å². The number of rotatable bonds is 7. The van der Waals surface area contributed by atoms with Gasteiger partial charge in [-0.05, 0) is 71.6 Å². The molecule has 214 valence electrons. The molecule has 1 atom stereocenters. The van der Waals surface area contributed by atoms with Crippen LogP contribution in [0.2, 0.25) is 0 Å². The normalized spacial score (nSPS) is 17.6. The van der Waals surface area contributed by atoms with Crippen LogP contribution in [0.25, 0.3) is 32.8 Å². The fourth-order valence-electron chi connectivity index (χ4n) is 7.44. The van der Waals surface area contributed by atoms with E-state index in [2.05, 4.69) is 91.9 Å². The molecule has 1 heterocycles. The number of nitrogens with zero attached hydrogens (tertiary/aromatic N) is 2. The molecule has 1 aromatic heterocycles. The predicted molar refractivity (Wildman–Crippen MR) is 178 cm³/mol. The summed E-state index contributed by atoms with van der Waals surface area (Å²) in [6, 6.07) is 32.7. The highest BCUT2D eigenvalue weighted by Crippen LogP contribution is 2.57. The number of benzene rings is 4. The van der Waals surface area contributed by atoms with E-state index in [1.807, 2.05) is 6.07 Å². The van der Waals surface area contributed by atoms with Crippen LogP contribution in [0.4, 0.5) is 0 Å². The highest BCUT2D eigenvalue weighted by molar-refractivity contribution is 7.67. The monoisotopic (exact) mass is 572 g/mol. The fourth-order valence-corrected chi connectivity index (χ4v) is 11.4. The third kappa shape index (κ3) is 5.45. The van der Waals surface area contributed by atoms with Gasteiger partial charge in [-0.1, -0.05) is 131 Å². The highest BCUT2D eigenvalue weighted by Gasteiger charge is 2.35. The minimum absolute atomic E-state index is 0.117. The van der Waals surface area contributed by atoms with Crippen molar-refractivity contribution in [3.63, 3.8) is 0 Å². The molecular formula is C38H41N2OP. The van der Waals surface area contributed by atoms with Gasteiger partial charge in [0.2, 0.25) is 5.88 Å². The molecule has 2 aliphatic rings. The van der Waals surface area contributed by atoms with Gasteiger partial charge in [-0.25, -0.2) is 0 Å². The second-order valence-corrected chi connectivity index (χ2v) is 15.0. The predicted octanol–water partition coefficient (Wildman–Crippen LogP) is 10.4. The maximum Gasteiger partial charge on any atom is 0.242 e. The van der Waals surface area contributed by atoms with Gasteiger partial charge in [0.05, 0.1) is 0 Å². The first-order valence-corrected chi connectivity index (χ1v) is 17.5. The summed E-state index contributed by atoms with van der Waals surface area (Å²) in [6.07, 6.45) is 13.7. The quantitative estimate of drug-likeness (QED) is 0.182. The van der Waals surface area contributed by atoms with Gasteiger partial charge in [-0.2, -0.15) is 0 Å². The van der Waals surface area contributed by atoms with Crippen LogP contribution >= 0.6 is 7.92 Å². The number of aromatic nitrogens is 2. The van der Waals surface area contributed by atoms with E-state index >= 15 is 0 Å². The molecule has 2 aliphatic carbocycles. The van der Waals surface area contributed by atoms with Crippen molar-refractivity contribution in [1.29, 1.82) is 0 Å². The van der Waals surface area contributed by atoms with E-state index < -0.39 is 0 Å². The zero-order valence-electron chi connectivity index (χ0n) is 24.7. The average Bonchev–Trinajstić information content (AvgIpc) is 3.06. The van der Waals surface area contributed by atoms with Crippen molar-refractivity contribution in [3.05, 3.63) is 96.6 Å². The molecule has 3 nitrogen and oxygen atoms in total. The van der Waals surface area contributed by atoms with Gasteiger partial charge in [0.25, 0.3) is 0 Å². The van der Waals surface area contributed by atoms with Crippen molar-refractivity contribution in [2.45, 2.75) is 88.6 Å². The molecule has 4 heteroatoms. The van der Waals surface area contributed by atoms with Gasteiger partial charge >= 0.3 is 0 Å². The molecule has 0 radical (unpaired) electrons. The Labute approximate surface area is 251 Å². The smallest absolute Gasteiger partial charge is 0.242 e. The van der Waals surface area contributed by atoms with Crippen molar-refractivity contribution < 1.29 is 4.74 Å². The first-order chi connectivity index (χ1) is 20.8. The molecule has 0 spiro atoms. The number of fused-ring (bicyclic) bond motifs is 2. The van der Waals surface area contributed by atoms with Gasteiger partial charge in [-0.3, -0.25) is 0 Å².